The van der Waals surface area contributed by atoms with Crippen molar-refractivity contribution in [2.75, 3.05) is 20.3 Å². The van der Waals surface area contributed by atoms with Crippen LogP contribution in [0.25, 0.3) is 0 Å². The van der Waals surface area contributed by atoms with Crippen LogP contribution in [0.1, 0.15) is 18.1 Å². The second-order valence-electron chi connectivity index (χ2n) is 4.18. The summed E-state index contributed by atoms with van der Waals surface area (Å²) in [7, 11) is 1.57. The fourth-order valence-electron chi connectivity index (χ4n) is 1.45. The second-order valence-corrected chi connectivity index (χ2v) is 5.95. The Morgan fingerprint density at radius 1 is 1.45 bits per heavy atom. The Labute approximate surface area is 129 Å². The minimum absolute atomic E-state index is 0.222. The first kappa shape index (κ1) is 16.9. The predicted molar refractivity (Wildman–Crippen MR) is 85.9 cm³/mol. The lowest BCUT2D eigenvalue weighted by molar-refractivity contribution is -0.143. The van der Waals surface area contributed by atoms with Crippen molar-refractivity contribution in [3.05, 3.63) is 35.4 Å². The van der Waals surface area contributed by atoms with E-state index in [9.17, 15) is 4.79 Å². The molecule has 0 aliphatic rings. The quantitative estimate of drug-likeness (QED) is 0.451. The molecule has 2 N–H and O–H groups in total. The van der Waals surface area contributed by atoms with Crippen LogP contribution >= 0.6 is 24.0 Å². The molecule has 1 rings (SSSR count). The summed E-state index contributed by atoms with van der Waals surface area (Å²) in [5, 5.41) is -0.222. The SMILES string of the molecule is COCCOC(=O)C(C)SCc1cccc(C(N)=S)c1. The summed E-state index contributed by atoms with van der Waals surface area (Å²) < 4.78 is 9.90. The van der Waals surface area contributed by atoms with Crippen LogP contribution in [0.15, 0.2) is 24.3 Å². The molecule has 0 aliphatic heterocycles. The van der Waals surface area contributed by atoms with Crippen LogP contribution in [0.5, 0.6) is 0 Å². The third-order valence-corrected chi connectivity index (χ3v) is 4.00. The van der Waals surface area contributed by atoms with Crippen LogP contribution in [0, 0.1) is 0 Å². The number of carbonyl (C=O) groups is 1. The van der Waals surface area contributed by atoms with Crippen molar-refractivity contribution in [3.8, 4) is 0 Å². The molecule has 110 valence electrons. The van der Waals surface area contributed by atoms with E-state index in [1.807, 2.05) is 31.2 Å². The molecule has 4 nitrogen and oxygen atoms in total. The van der Waals surface area contributed by atoms with E-state index in [2.05, 4.69) is 0 Å². The Bertz CT molecular complexity index is 465. The molecule has 0 bridgehead atoms. The van der Waals surface area contributed by atoms with Crippen molar-refractivity contribution >= 4 is 34.9 Å². The van der Waals surface area contributed by atoms with E-state index < -0.39 is 0 Å². The van der Waals surface area contributed by atoms with Gasteiger partial charge in [-0.3, -0.25) is 4.79 Å². The minimum Gasteiger partial charge on any atom is -0.462 e. The molecule has 6 heteroatoms. The molecule has 0 amide bonds. The van der Waals surface area contributed by atoms with E-state index in [4.69, 9.17) is 27.4 Å². The van der Waals surface area contributed by atoms with Gasteiger partial charge in [0.05, 0.1) is 11.9 Å². The molecule has 1 aromatic carbocycles. The average molecular weight is 313 g/mol. The van der Waals surface area contributed by atoms with Gasteiger partial charge in [-0.15, -0.1) is 11.8 Å². The standard InChI is InChI=1S/C14H19NO3S2/c1-10(14(16)18-7-6-17-2)20-9-11-4-3-5-12(8-11)13(15)19/h3-5,8,10H,6-7,9H2,1-2H3,(H2,15,19). The van der Waals surface area contributed by atoms with Crippen molar-refractivity contribution in [1.82, 2.24) is 0 Å². The lowest BCUT2D eigenvalue weighted by Crippen LogP contribution is -2.19. The zero-order chi connectivity index (χ0) is 15.0. The number of esters is 1. The van der Waals surface area contributed by atoms with E-state index in [-0.39, 0.29) is 17.8 Å². The molecule has 0 fully saturated rings. The van der Waals surface area contributed by atoms with Crippen molar-refractivity contribution in [3.63, 3.8) is 0 Å². The molecule has 1 unspecified atom stereocenters. The van der Waals surface area contributed by atoms with Gasteiger partial charge in [-0.1, -0.05) is 30.4 Å². The molecule has 0 aliphatic carbocycles. The first-order valence-electron chi connectivity index (χ1n) is 6.20. The number of rotatable bonds is 8. The Kier molecular flexibility index (Phi) is 7.58. The van der Waals surface area contributed by atoms with Crippen molar-refractivity contribution in [2.45, 2.75) is 17.9 Å². The highest BCUT2D eigenvalue weighted by atomic mass is 32.2. The number of hydrogen-bond donors (Lipinski definition) is 1. The maximum atomic E-state index is 11.7. The molecule has 0 saturated carbocycles. The van der Waals surface area contributed by atoms with Gasteiger partial charge in [-0.25, -0.2) is 0 Å². The van der Waals surface area contributed by atoms with E-state index in [1.54, 1.807) is 7.11 Å². The summed E-state index contributed by atoms with van der Waals surface area (Å²) in [5.41, 5.74) is 7.52. The van der Waals surface area contributed by atoms with Crippen molar-refractivity contribution in [1.29, 1.82) is 0 Å². The van der Waals surface area contributed by atoms with Gasteiger partial charge in [0.1, 0.15) is 11.6 Å². The first-order valence-corrected chi connectivity index (χ1v) is 7.66. The third kappa shape index (κ3) is 5.90. The van der Waals surface area contributed by atoms with Gasteiger partial charge < -0.3 is 15.2 Å². The second kappa shape index (κ2) is 8.94. The molecular weight excluding hydrogens is 294 g/mol. The molecule has 0 saturated heterocycles. The van der Waals surface area contributed by atoms with Gasteiger partial charge in [0.15, 0.2) is 0 Å². The molecule has 1 atom stereocenters. The molecule has 0 heterocycles. The summed E-state index contributed by atoms with van der Waals surface area (Å²) in [6.07, 6.45) is 0. The summed E-state index contributed by atoms with van der Waals surface area (Å²) in [4.78, 5) is 12.1. The molecule has 0 radical (unpaired) electrons. The van der Waals surface area contributed by atoms with Crippen LogP contribution in [-0.2, 0) is 20.0 Å². The lowest BCUT2D eigenvalue weighted by atomic mass is 10.1. The molecule has 20 heavy (non-hydrogen) atoms. The number of nitrogens with two attached hydrogens (primary N) is 1. The molecular formula is C14H19NO3S2. The maximum absolute atomic E-state index is 11.7. The number of methoxy groups -OCH3 is 1. The van der Waals surface area contributed by atoms with Gasteiger partial charge in [-0.2, -0.15) is 0 Å². The molecule has 1 aromatic rings. The van der Waals surface area contributed by atoms with E-state index in [0.717, 1.165) is 11.1 Å². The van der Waals surface area contributed by atoms with Crippen LogP contribution < -0.4 is 5.73 Å². The number of carbonyl (C=O) groups excluding carboxylic acids is 1. The minimum atomic E-state index is -0.224. The largest absolute Gasteiger partial charge is 0.462 e. The fourth-order valence-corrected chi connectivity index (χ4v) is 2.40. The summed E-state index contributed by atoms with van der Waals surface area (Å²) in [6, 6.07) is 7.71. The normalized spacial score (nSPS) is 11.9. The number of benzene rings is 1. The lowest BCUT2D eigenvalue weighted by Gasteiger charge is -2.11. The number of ether oxygens (including phenoxy) is 2. The number of thiocarbonyl (C=S) groups is 1. The van der Waals surface area contributed by atoms with E-state index in [0.29, 0.717) is 17.3 Å². The fraction of sp³-hybridized carbons (Fsp3) is 0.429. The molecule has 0 aromatic heterocycles. The van der Waals surface area contributed by atoms with Gasteiger partial charge in [-0.05, 0) is 18.6 Å². The highest BCUT2D eigenvalue weighted by Gasteiger charge is 2.14. The maximum Gasteiger partial charge on any atom is 0.318 e. The summed E-state index contributed by atoms with van der Waals surface area (Å²) in [5.74, 6) is 0.481. The third-order valence-electron chi connectivity index (χ3n) is 2.58. The van der Waals surface area contributed by atoms with Crippen LogP contribution in [0.2, 0.25) is 0 Å². The van der Waals surface area contributed by atoms with Crippen molar-refractivity contribution < 1.29 is 14.3 Å². The zero-order valence-electron chi connectivity index (χ0n) is 11.6. The summed E-state index contributed by atoms with van der Waals surface area (Å²) >= 11 is 6.46. The van der Waals surface area contributed by atoms with Gasteiger partial charge in [0.2, 0.25) is 0 Å². The highest BCUT2D eigenvalue weighted by molar-refractivity contribution is 7.99. The topological polar surface area (TPSA) is 61.5 Å². The Morgan fingerprint density at radius 3 is 2.85 bits per heavy atom. The van der Waals surface area contributed by atoms with Crippen LogP contribution in [-0.4, -0.2) is 36.5 Å². The van der Waals surface area contributed by atoms with Crippen LogP contribution in [0.4, 0.5) is 0 Å². The Balaban J connectivity index is 2.44. The summed E-state index contributed by atoms with van der Waals surface area (Å²) in [6.45, 7) is 2.54. The Hall–Kier alpha value is -1.11. The monoisotopic (exact) mass is 313 g/mol. The van der Waals surface area contributed by atoms with Gasteiger partial charge >= 0.3 is 5.97 Å². The van der Waals surface area contributed by atoms with Crippen LogP contribution in [0.3, 0.4) is 0 Å². The van der Waals surface area contributed by atoms with Gasteiger partial charge in [0, 0.05) is 18.4 Å². The van der Waals surface area contributed by atoms with E-state index >= 15 is 0 Å². The van der Waals surface area contributed by atoms with Crippen molar-refractivity contribution in [2.24, 2.45) is 5.73 Å². The van der Waals surface area contributed by atoms with Gasteiger partial charge in [0.25, 0.3) is 0 Å². The highest BCUT2D eigenvalue weighted by Crippen LogP contribution is 2.19. The first-order chi connectivity index (χ1) is 9.54. The predicted octanol–water partition coefficient (Wildman–Crippen LogP) is 2.13. The van der Waals surface area contributed by atoms with E-state index in [1.165, 1.54) is 11.8 Å². The molecule has 0 spiro atoms. The smallest absolute Gasteiger partial charge is 0.318 e. The zero-order valence-corrected chi connectivity index (χ0v) is 13.3. The average Bonchev–Trinajstić information content (AvgIpc) is 2.45. The number of thioether (sulfide) groups is 1. The number of hydrogen-bond acceptors (Lipinski definition) is 5. The Morgan fingerprint density at radius 2 is 2.20 bits per heavy atom.